The molecule has 2 atom stereocenters. The predicted octanol–water partition coefficient (Wildman–Crippen LogP) is 1.08. The van der Waals surface area contributed by atoms with Crippen LogP contribution in [0.5, 0.6) is 0 Å². The molecule has 2 rings (SSSR count). The van der Waals surface area contributed by atoms with Gasteiger partial charge in [0.1, 0.15) is 0 Å². The Kier molecular flexibility index (Phi) is 2.08. The van der Waals surface area contributed by atoms with Crippen molar-refractivity contribution < 1.29 is 9.84 Å². The molecule has 0 aromatic rings. The summed E-state index contributed by atoms with van der Waals surface area (Å²) >= 11 is 0. The smallest absolute Gasteiger partial charge is 0.155 e. The van der Waals surface area contributed by atoms with Gasteiger partial charge in [-0.15, -0.1) is 0 Å². The zero-order valence-electron chi connectivity index (χ0n) is 7.18. The highest BCUT2D eigenvalue weighted by atomic mass is 16.6. The van der Waals surface area contributed by atoms with E-state index in [1.807, 2.05) is 0 Å². The van der Waals surface area contributed by atoms with Gasteiger partial charge in [-0.1, -0.05) is 18.3 Å². The van der Waals surface area contributed by atoms with Crippen molar-refractivity contribution in [3.05, 3.63) is 0 Å². The molecule has 66 valence electrons. The molecule has 0 aromatic heterocycles. The highest BCUT2D eigenvalue weighted by Gasteiger charge is 2.56. The minimum absolute atomic E-state index is 0.0760. The van der Waals surface area contributed by atoms with Crippen LogP contribution in [0.1, 0.15) is 32.1 Å². The number of hydrogen-bond donors (Lipinski definition) is 1. The summed E-state index contributed by atoms with van der Waals surface area (Å²) in [5.74, 6) is 6.10. The van der Waals surface area contributed by atoms with Crippen molar-refractivity contribution in [1.82, 2.24) is 0 Å². The van der Waals surface area contributed by atoms with Gasteiger partial charge in [0.2, 0.25) is 0 Å². The first-order chi connectivity index (χ1) is 5.87. The van der Waals surface area contributed by atoms with Crippen LogP contribution in [0.4, 0.5) is 0 Å². The van der Waals surface area contributed by atoms with E-state index in [2.05, 4.69) is 11.8 Å². The molecule has 0 radical (unpaired) electrons. The molecule has 2 fully saturated rings. The zero-order valence-corrected chi connectivity index (χ0v) is 7.18. The Morgan fingerprint density at radius 1 is 1.50 bits per heavy atom. The maximum absolute atomic E-state index is 8.55. The van der Waals surface area contributed by atoms with Crippen LogP contribution >= 0.6 is 0 Å². The topological polar surface area (TPSA) is 32.8 Å². The first-order valence-electron chi connectivity index (χ1n) is 4.66. The summed E-state index contributed by atoms with van der Waals surface area (Å²) in [6.45, 7) is 0.160. The molecule has 0 aromatic carbocycles. The second-order valence-corrected chi connectivity index (χ2v) is 3.52. The number of aliphatic hydroxyl groups excluding tert-OH is 1. The average Bonchev–Trinajstić information content (AvgIpc) is 2.79. The maximum Gasteiger partial charge on any atom is 0.155 e. The van der Waals surface area contributed by atoms with Crippen LogP contribution in [0.15, 0.2) is 0 Å². The van der Waals surface area contributed by atoms with Crippen LogP contribution in [0.25, 0.3) is 0 Å². The van der Waals surface area contributed by atoms with E-state index in [0.717, 1.165) is 6.42 Å². The van der Waals surface area contributed by atoms with E-state index in [-0.39, 0.29) is 12.2 Å². The summed E-state index contributed by atoms with van der Waals surface area (Å²) < 4.78 is 5.56. The van der Waals surface area contributed by atoms with Gasteiger partial charge in [0, 0.05) is 6.42 Å². The molecule has 1 saturated heterocycles. The molecule has 12 heavy (non-hydrogen) atoms. The van der Waals surface area contributed by atoms with Gasteiger partial charge in [0.05, 0.1) is 12.7 Å². The van der Waals surface area contributed by atoms with E-state index >= 15 is 0 Å². The Hall–Kier alpha value is -0.520. The summed E-state index contributed by atoms with van der Waals surface area (Å²) in [5, 5.41) is 8.55. The lowest BCUT2D eigenvalue weighted by atomic mass is 9.89. The van der Waals surface area contributed by atoms with Crippen molar-refractivity contribution in [3.8, 4) is 11.8 Å². The molecule has 1 heterocycles. The third-order valence-corrected chi connectivity index (χ3v) is 2.62. The van der Waals surface area contributed by atoms with Crippen LogP contribution in [0.3, 0.4) is 0 Å². The highest BCUT2D eigenvalue weighted by molar-refractivity contribution is 5.26. The van der Waals surface area contributed by atoms with Gasteiger partial charge in [0.15, 0.2) is 5.60 Å². The van der Waals surface area contributed by atoms with E-state index in [4.69, 9.17) is 9.84 Å². The van der Waals surface area contributed by atoms with Gasteiger partial charge in [-0.2, -0.15) is 0 Å². The third-order valence-electron chi connectivity index (χ3n) is 2.62. The molecule has 1 saturated carbocycles. The molecule has 0 unspecified atom stereocenters. The fourth-order valence-electron chi connectivity index (χ4n) is 1.89. The van der Waals surface area contributed by atoms with E-state index in [0.29, 0.717) is 12.5 Å². The molecule has 1 N–H and O–H groups in total. The Bertz CT molecular complexity index is 226. The Morgan fingerprint density at radius 3 is 3.17 bits per heavy atom. The number of fused-ring (bicyclic) bond motifs is 1. The number of epoxide rings is 1. The quantitative estimate of drug-likeness (QED) is 0.467. The zero-order chi connectivity index (χ0) is 8.44. The van der Waals surface area contributed by atoms with E-state index in [1.165, 1.54) is 19.3 Å². The monoisotopic (exact) mass is 166 g/mol. The van der Waals surface area contributed by atoms with Crippen LogP contribution in [-0.2, 0) is 4.74 Å². The fourth-order valence-corrected chi connectivity index (χ4v) is 1.89. The molecular formula is C10H14O2. The lowest BCUT2D eigenvalue weighted by Gasteiger charge is -2.09. The van der Waals surface area contributed by atoms with Gasteiger partial charge in [-0.3, -0.25) is 0 Å². The summed E-state index contributed by atoms with van der Waals surface area (Å²) in [7, 11) is 0. The highest BCUT2D eigenvalue weighted by Crippen LogP contribution is 2.47. The summed E-state index contributed by atoms with van der Waals surface area (Å²) in [6.07, 6.45) is 5.79. The number of aliphatic hydroxyl groups is 1. The van der Waals surface area contributed by atoms with Crippen molar-refractivity contribution in [2.75, 3.05) is 6.61 Å². The van der Waals surface area contributed by atoms with Gasteiger partial charge >= 0.3 is 0 Å². The van der Waals surface area contributed by atoms with Gasteiger partial charge in [-0.25, -0.2) is 0 Å². The average molecular weight is 166 g/mol. The van der Waals surface area contributed by atoms with Crippen molar-refractivity contribution >= 4 is 0 Å². The van der Waals surface area contributed by atoms with Crippen molar-refractivity contribution in [2.24, 2.45) is 0 Å². The third kappa shape index (κ3) is 1.35. The molecule has 0 amide bonds. The minimum Gasteiger partial charge on any atom is -0.395 e. The van der Waals surface area contributed by atoms with Gasteiger partial charge < -0.3 is 9.84 Å². The summed E-state index contributed by atoms with van der Waals surface area (Å²) in [6, 6.07) is 0. The molecule has 0 bridgehead atoms. The molecule has 2 aliphatic rings. The van der Waals surface area contributed by atoms with Crippen LogP contribution in [-0.4, -0.2) is 23.4 Å². The predicted molar refractivity (Wildman–Crippen MR) is 45.6 cm³/mol. The SMILES string of the molecule is OCCC#C[C@@]12CCCC[C@@H]1O2. The largest absolute Gasteiger partial charge is 0.395 e. The second kappa shape index (κ2) is 3.08. The summed E-state index contributed by atoms with van der Waals surface area (Å²) in [4.78, 5) is 0. The standard InChI is InChI=1S/C10H14O2/c11-8-4-3-7-10-6-2-1-5-9(10)12-10/h9,11H,1-2,4-6,8H2/t9-,10-/m0/s1. The van der Waals surface area contributed by atoms with Crippen LogP contribution in [0, 0.1) is 11.8 Å². The number of rotatable bonds is 1. The maximum atomic E-state index is 8.55. The molecule has 1 aliphatic heterocycles. The van der Waals surface area contributed by atoms with Gasteiger partial charge in [0.25, 0.3) is 0 Å². The number of ether oxygens (including phenoxy) is 1. The normalized spacial score (nSPS) is 37.9. The van der Waals surface area contributed by atoms with Crippen molar-refractivity contribution in [3.63, 3.8) is 0 Å². The molecule has 2 heteroatoms. The first kappa shape index (κ1) is 8.10. The molecule has 1 aliphatic carbocycles. The van der Waals surface area contributed by atoms with Crippen molar-refractivity contribution in [1.29, 1.82) is 0 Å². The Balaban J connectivity index is 1.92. The van der Waals surface area contributed by atoms with Crippen LogP contribution < -0.4 is 0 Å². The number of hydrogen-bond acceptors (Lipinski definition) is 2. The van der Waals surface area contributed by atoms with E-state index in [1.54, 1.807) is 0 Å². The van der Waals surface area contributed by atoms with Crippen molar-refractivity contribution in [2.45, 2.75) is 43.8 Å². The Morgan fingerprint density at radius 2 is 2.42 bits per heavy atom. The minimum atomic E-state index is -0.0760. The lowest BCUT2D eigenvalue weighted by molar-refractivity contribution is 0.304. The van der Waals surface area contributed by atoms with E-state index in [9.17, 15) is 0 Å². The van der Waals surface area contributed by atoms with Crippen LogP contribution in [0.2, 0.25) is 0 Å². The molecule has 2 nitrogen and oxygen atoms in total. The molecule has 0 spiro atoms. The van der Waals surface area contributed by atoms with E-state index < -0.39 is 0 Å². The fraction of sp³-hybridized carbons (Fsp3) is 0.800. The van der Waals surface area contributed by atoms with Gasteiger partial charge in [-0.05, 0) is 19.3 Å². The molecular weight excluding hydrogens is 152 g/mol. The Labute approximate surface area is 72.9 Å². The lowest BCUT2D eigenvalue weighted by Crippen LogP contribution is -2.16. The summed E-state index contributed by atoms with van der Waals surface area (Å²) in [5.41, 5.74) is -0.0760. The first-order valence-corrected chi connectivity index (χ1v) is 4.66. The second-order valence-electron chi connectivity index (χ2n) is 3.52.